The van der Waals surface area contributed by atoms with Gasteiger partial charge in [0.1, 0.15) is 6.04 Å². The molecule has 1 rings (SSSR count). The fourth-order valence-electron chi connectivity index (χ4n) is 2.57. The van der Waals surface area contributed by atoms with Crippen LogP contribution >= 0.6 is 11.3 Å². The molecule has 27 heavy (non-hydrogen) atoms. The number of nitrogens with zero attached hydrogens (tertiary/aromatic N) is 2. The van der Waals surface area contributed by atoms with E-state index >= 15 is 0 Å². The quantitative estimate of drug-likeness (QED) is 0.294. The number of methoxy groups -OCH3 is 1. The Labute approximate surface area is 163 Å². The normalized spacial score (nSPS) is 15.5. The molecule has 0 fully saturated rings. The lowest BCUT2D eigenvalue weighted by atomic mass is 9.89. The minimum atomic E-state index is -0.961. The third-order valence-electron chi connectivity index (χ3n) is 4.25. The SMILES string of the molecule is COC(C)C(NC(=O)[C@H](CC(C)C)[C@H](C)N(O)C=O)C(=O)Nc1nccs1. The van der Waals surface area contributed by atoms with Gasteiger partial charge in [-0.15, -0.1) is 11.3 Å². The van der Waals surface area contributed by atoms with Crippen LogP contribution in [0.25, 0.3) is 0 Å². The zero-order valence-electron chi connectivity index (χ0n) is 16.2. The first-order valence-corrected chi connectivity index (χ1v) is 9.55. The number of carbonyl (C=O) groups is 3. The maximum Gasteiger partial charge on any atom is 0.251 e. The van der Waals surface area contributed by atoms with E-state index in [1.54, 1.807) is 25.4 Å². The molecule has 4 atom stereocenters. The molecule has 1 heterocycles. The summed E-state index contributed by atoms with van der Waals surface area (Å²) in [4.78, 5) is 40.3. The van der Waals surface area contributed by atoms with Crippen LogP contribution in [0.1, 0.15) is 34.1 Å². The number of hydroxylamine groups is 2. The number of aromatic nitrogens is 1. The molecule has 3 amide bonds. The van der Waals surface area contributed by atoms with E-state index in [9.17, 15) is 19.6 Å². The fraction of sp³-hybridized carbons (Fsp3) is 0.647. The molecule has 9 nitrogen and oxygen atoms in total. The number of ether oxygens (including phenoxy) is 1. The molecule has 2 unspecified atom stereocenters. The molecular weight excluding hydrogens is 372 g/mol. The largest absolute Gasteiger partial charge is 0.379 e. The van der Waals surface area contributed by atoms with E-state index in [0.29, 0.717) is 16.6 Å². The van der Waals surface area contributed by atoms with E-state index in [0.717, 1.165) is 0 Å². The summed E-state index contributed by atoms with van der Waals surface area (Å²) in [5.41, 5.74) is 0. The molecule has 0 aromatic carbocycles. The third-order valence-corrected chi connectivity index (χ3v) is 4.94. The van der Waals surface area contributed by atoms with Crippen LogP contribution in [0.2, 0.25) is 0 Å². The average molecular weight is 401 g/mol. The van der Waals surface area contributed by atoms with Crippen LogP contribution < -0.4 is 10.6 Å². The molecule has 0 aliphatic carbocycles. The van der Waals surface area contributed by atoms with Crippen LogP contribution in [0.5, 0.6) is 0 Å². The van der Waals surface area contributed by atoms with Gasteiger partial charge in [0.25, 0.3) is 5.91 Å². The van der Waals surface area contributed by atoms with Gasteiger partial charge in [-0.25, -0.2) is 10.0 Å². The summed E-state index contributed by atoms with van der Waals surface area (Å²) in [7, 11) is 1.44. The lowest BCUT2D eigenvalue weighted by Crippen LogP contribution is -2.54. The Kier molecular flexibility index (Phi) is 9.33. The first kappa shape index (κ1) is 23.0. The third kappa shape index (κ3) is 6.89. The van der Waals surface area contributed by atoms with Crippen molar-refractivity contribution >= 4 is 34.7 Å². The molecule has 0 aliphatic heterocycles. The molecule has 1 aromatic rings. The van der Waals surface area contributed by atoms with Gasteiger partial charge in [-0.05, 0) is 26.2 Å². The van der Waals surface area contributed by atoms with E-state index in [2.05, 4.69) is 15.6 Å². The number of thiazole rings is 1. The summed E-state index contributed by atoms with van der Waals surface area (Å²) in [6, 6.07) is -1.71. The molecule has 0 radical (unpaired) electrons. The summed E-state index contributed by atoms with van der Waals surface area (Å²) >= 11 is 1.26. The molecule has 1 aromatic heterocycles. The van der Waals surface area contributed by atoms with Crippen molar-refractivity contribution < 1.29 is 24.3 Å². The monoisotopic (exact) mass is 400 g/mol. The summed E-state index contributed by atoms with van der Waals surface area (Å²) in [6.45, 7) is 7.10. The van der Waals surface area contributed by atoms with E-state index < -0.39 is 35.9 Å². The molecule has 0 spiro atoms. The molecular formula is C17H28N4O5S. The van der Waals surface area contributed by atoms with Crippen molar-refractivity contribution in [1.82, 2.24) is 15.4 Å². The topological polar surface area (TPSA) is 121 Å². The molecule has 0 saturated carbocycles. The Bertz CT molecular complexity index is 610. The average Bonchev–Trinajstić information content (AvgIpc) is 3.14. The van der Waals surface area contributed by atoms with Crippen molar-refractivity contribution in [3.05, 3.63) is 11.6 Å². The number of rotatable bonds is 11. The standard InChI is InChI=1S/C17H28N4O5S/c1-10(2)8-13(11(3)21(25)9-22)15(23)19-14(12(4)26-5)16(24)20-17-18-6-7-27-17/h6-7,9-14,25H,8H2,1-5H3,(H,19,23)(H,18,20,24)/t11-,12?,13+,14?/m0/s1. The van der Waals surface area contributed by atoms with Gasteiger partial charge in [-0.2, -0.15) is 0 Å². The minimum Gasteiger partial charge on any atom is -0.379 e. The van der Waals surface area contributed by atoms with Gasteiger partial charge in [0.15, 0.2) is 5.13 Å². The first-order valence-electron chi connectivity index (χ1n) is 8.67. The van der Waals surface area contributed by atoms with Gasteiger partial charge in [0, 0.05) is 18.7 Å². The predicted molar refractivity (Wildman–Crippen MR) is 101 cm³/mol. The Morgan fingerprint density at radius 1 is 1.33 bits per heavy atom. The molecule has 0 saturated heterocycles. The number of amides is 3. The van der Waals surface area contributed by atoms with Crippen molar-refractivity contribution in [2.75, 3.05) is 12.4 Å². The fourth-order valence-corrected chi connectivity index (χ4v) is 3.10. The van der Waals surface area contributed by atoms with Gasteiger partial charge >= 0.3 is 0 Å². The van der Waals surface area contributed by atoms with Gasteiger partial charge in [-0.1, -0.05) is 13.8 Å². The van der Waals surface area contributed by atoms with Crippen molar-refractivity contribution in [3.8, 4) is 0 Å². The Balaban J connectivity index is 2.96. The molecule has 0 aliphatic rings. The second-order valence-electron chi connectivity index (χ2n) is 6.72. The second-order valence-corrected chi connectivity index (χ2v) is 7.61. The Hall–Kier alpha value is -2.04. The first-order chi connectivity index (χ1) is 12.7. The van der Waals surface area contributed by atoms with E-state index in [1.807, 2.05) is 13.8 Å². The van der Waals surface area contributed by atoms with Gasteiger partial charge in [0.05, 0.1) is 18.1 Å². The van der Waals surface area contributed by atoms with Crippen LogP contribution in [0, 0.1) is 11.8 Å². The van der Waals surface area contributed by atoms with Crippen molar-refractivity contribution in [2.45, 2.75) is 52.3 Å². The van der Waals surface area contributed by atoms with Crippen molar-refractivity contribution in [1.29, 1.82) is 0 Å². The maximum absolute atomic E-state index is 12.9. The Morgan fingerprint density at radius 2 is 2.00 bits per heavy atom. The van der Waals surface area contributed by atoms with Gasteiger partial charge in [0.2, 0.25) is 12.3 Å². The zero-order chi connectivity index (χ0) is 20.6. The van der Waals surface area contributed by atoms with Crippen LogP contribution in [0.4, 0.5) is 5.13 Å². The summed E-state index contributed by atoms with van der Waals surface area (Å²) < 4.78 is 5.23. The summed E-state index contributed by atoms with van der Waals surface area (Å²) in [5.74, 6) is -1.45. The highest BCUT2D eigenvalue weighted by molar-refractivity contribution is 7.13. The maximum atomic E-state index is 12.9. The predicted octanol–water partition coefficient (Wildman–Crippen LogP) is 1.50. The van der Waals surface area contributed by atoms with E-state index in [4.69, 9.17) is 4.74 Å². The number of hydrogen-bond acceptors (Lipinski definition) is 7. The second kappa shape index (κ2) is 11.0. The number of carbonyl (C=O) groups excluding carboxylic acids is 3. The summed E-state index contributed by atoms with van der Waals surface area (Å²) in [6.07, 6.45) is 1.65. The summed E-state index contributed by atoms with van der Waals surface area (Å²) in [5, 5.41) is 17.6. The molecule has 3 N–H and O–H groups in total. The van der Waals surface area contributed by atoms with E-state index in [-0.39, 0.29) is 12.3 Å². The molecule has 10 heteroatoms. The van der Waals surface area contributed by atoms with Crippen molar-refractivity contribution in [2.24, 2.45) is 11.8 Å². The van der Waals surface area contributed by atoms with E-state index in [1.165, 1.54) is 18.4 Å². The Morgan fingerprint density at radius 3 is 2.48 bits per heavy atom. The van der Waals surface area contributed by atoms with Gasteiger partial charge in [-0.3, -0.25) is 19.6 Å². The van der Waals surface area contributed by atoms with Crippen LogP contribution in [-0.4, -0.2) is 58.8 Å². The molecule has 152 valence electrons. The van der Waals surface area contributed by atoms with Gasteiger partial charge < -0.3 is 15.4 Å². The highest BCUT2D eigenvalue weighted by Gasteiger charge is 2.34. The highest BCUT2D eigenvalue weighted by atomic mass is 32.1. The number of hydrogen-bond donors (Lipinski definition) is 3. The lowest BCUT2D eigenvalue weighted by molar-refractivity contribution is -0.166. The number of anilines is 1. The van der Waals surface area contributed by atoms with Crippen molar-refractivity contribution in [3.63, 3.8) is 0 Å². The lowest BCUT2D eigenvalue weighted by Gasteiger charge is -2.30. The van der Waals surface area contributed by atoms with Crippen LogP contribution in [-0.2, 0) is 19.1 Å². The van der Waals surface area contributed by atoms with Crippen LogP contribution in [0.15, 0.2) is 11.6 Å². The smallest absolute Gasteiger partial charge is 0.251 e. The number of nitrogens with one attached hydrogen (secondary N) is 2. The van der Waals surface area contributed by atoms with Crippen LogP contribution in [0.3, 0.4) is 0 Å². The highest BCUT2D eigenvalue weighted by Crippen LogP contribution is 2.20. The molecule has 0 bridgehead atoms. The minimum absolute atomic E-state index is 0.144. The zero-order valence-corrected chi connectivity index (χ0v) is 17.0.